The molecule has 0 heterocycles. The quantitative estimate of drug-likeness (QED) is 0.364. The fraction of sp³-hybridized carbons (Fsp3) is 0.933. The van der Waals surface area contributed by atoms with E-state index in [0.29, 0.717) is 13.0 Å². The van der Waals surface area contributed by atoms with E-state index in [1.165, 1.54) is 19.3 Å². The highest BCUT2D eigenvalue weighted by Gasteiger charge is 2.31. The fourth-order valence-electron chi connectivity index (χ4n) is 2.89. The van der Waals surface area contributed by atoms with Crippen LogP contribution in [0.5, 0.6) is 0 Å². The van der Waals surface area contributed by atoms with Gasteiger partial charge in [0.05, 0.1) is 6.67 Å². The van der Waals surface area contributed by atoms with E-state index in [1.54, 1.807) is 0 Å². The molecule has 0 aromatic heterocycles. The molecule has 0 spiro atoms. The molecule has 0 saturated heterocycles. The van der Waals surface area contributed by atoms with E-state index >= 15 is 0 Å². The lowest BCUT2D eigenvalue weighted by atomic mass is 9.72. The summed E-state index contributed by atoms with van der Waals surface area (Å²) in [6, 6.07) is 0. The number of hydrogen-bond donors (Lipinski definition) is 3. The molecule has 0 aliphatic heterocycles. The number of rotatable bonds is 8. The number of hydrogen-bond acceptors (Lipinski definition) is 2. The first-order chi connectivity index (χ1) is 9.76. The van der Waals surface area contributed by atoms with Crippen molar-refractivity contribution >= 4 is 5.96 Å². The monoisotopic (exact) mass is 287 g/mol. The molecule has 1 aliphatic carbocycles. The number of aliphatic hydroxyl groups is 1. The third-order valence-electron chi connectivity index (χ3n) is 4.08. The number of halogens is 1. The molecular weight excluding hydrogens is 257 g/mol. The minimum atomic E-state index is -0.305. The third kappa shape index (κ3) is 6.07. The zero-order chi connectivity index (χ0) is 14.7. The van der Waals surface area contributed by atoms with Crippen LogP contribution in [0, 0.1) is 5.41 Å². The Balaban J connectivity index is 2.56. The summed E-state index contributed by atoms with van der Waals surface area (Å²) in [5.74, 6) is 0.767. The predicted molar refractivity (Wildman–Crippen MR) is 81.8 cm³/mol. The van der Waals surface area contributed by atoms with Crippen LogP contribution >= 0.6 is 0 Å². The van der Waals surface area contributed by atoms with Crippen molar-refractivity contribution in [1.82, 2.24) is 10.6 Å². The summed E-state index contributed by atoms with van der Waals surface area (Å²) in [7, 11) is 0. The van der Waals surface area contributed by atoms with Crippen LogP contribution in [0.4, 0.5) is 4.39 Å². The molecule has 0 atom stereocenters. The van der Waals surface area contributed by atoms with Crippen molar-refractivity contribution in [3.63, 3.8) is 0 Å². The van der Waals surface area contributed by atoms with Crippen LogP contribution in [-0.2, 0) is 0 Å². The third-order valence-corrected chi connectivity index (χ3v) is 4.08. The minimum absolute atomic E-state index is 0.162. The molecule has 0 aromatic rings. The van der Waals surface area contributed by atoms with Crippen LogP contribution in [0.1, 0.15) is 51.9 Å². The lowest BCUT2D eigenvalue weighted by Crippen LogP contribution is -2.39. The van der Waals surface area contributed by atoms with Crippen molar-refractivity contribution in [3.8, 4) is 0 Å². The molecule has 1 saturated carbocycles. The number of nitrogens with one attached hydrogen (secondary N) is 2. The first-order valence-corrected chi connectivity index (χ1v) is 7.95. The molecule has 20 heavy (non-hydrogen) atoms. The van der Waals surface area contributed by atoms with Crippen LogP contribution in [0.15, 0.2) is 4.99 Å². The molecule has 0 bridgehead atoms. The van der Waals surface area contributed by atoms with E-state index in [0.717, 1.165) is 38.3 Å². The van der Waals surface area contributed by atoms with Gasteiger partial charge in [-0.2, -0.15) is 0 Å². The number of guanidine groups is 1. The van der Waals surface area contributed by atoms with E-state index < -0.39 is 0 Å². The van der Waals surface area contributed by atoms with Gasteiger partial charge in [0.25, 0.3) is 0 Å². The number of nitrogens with zero attached hydrogens (tertiary/aromatic N) is 1. The van der Waals surface area contributed by atoms with E-state index in [-0.39, 0.29) is 18.7 Å². The Bertz CT molecular complexity index is 273. The predicted octanol–water partition coefficient (Wildman–Crippen LogP) is 2.23. The van der Waals surface area contributed by atoms with Gasteiger partial charge in [0.1, 0.15) is 0 Å². The summed E-state index contributed by atoms with van der Waals surface area (Å²) in [4.78, 5) is 4.66. The smallest absolute Gasteiger partial charge is 0.191 e. The van der Waals surface area contributed by atoms with Crippen LogP contribution in [0.25, 0.3) is 0 Å². The maximum Gasteiger partial charge on any atom is 0.191 e. The fourth-order valence-corrected chi connectivity index (χ4v) is 2.89. The average Bonchev–Trinajstić information content (AvgIpc) is 2.46. The van der Waals surface area contributed by atoms with Crippen molar-refractivity contribution in [2.75, 3.05) is 32.9 Å². The summed E-state index contributed by atoms with van der Waals surface area (Å²) in [6.45, 7) is 4.11. The summed E-state index contributed by atoms with van der Waals surface area (Å²) in [5, 5.41) is 15.7. The van der Waals surface area contributed by atoms with Gasteiger partial charge in [0.15, 0.2) is 5.96 Å². The van der Waals surface area contributed by atoms with E-state index in [2.05, 4.69) is 15.6 Å². The van der Waals surface area contributed by atoms with Gasteiger partial charge >= 0.3 is 0 Å². The van der Waals surface area contributed by atoms with Gasteiger partial charge in [-0.05, 0) is 38.0 Å². The first kappa shape index (κ1) is 17.2. The molecule has 0 radical (unpaired) electrons. The molecule has 1 aliphatic rings. The van der Waals surface area contributed by atoms with Crippen molar-refractivity contribution in [1.29, 1.82) is 0 Å². The van der Waals surface area contributed by atoms with Crippen molar-refractivity contribution in [3.05, 3.63) is 0 Å². The molecule has 1 fully saturated rings. The summed E-state index contributed by atoms with van der Waals surface area (Å²) >= 11 is 0. The number of alkyl halides is 1. The second-order valence-corrected chi connectivity index (χ2v) is 5.70. The Kier molecular flexibility index (Phi) is 8.58. The van der Waals surface area contributed by atoms with Gasteiger partial charge in [-0.15, -0.1) is 0 Å². The van der Waals surface area contributed by atoms with Crippen LogP contribution in [0.3, 0.4) is 0 Å². The molecule has 118 valence electrons. The van der Waals surface area contributed by atoms with Crippen molar-refractivity contribution in [2.45, 2.75) is 51.9 Å². The van der Waals surface area contributed by atoms with Crippen LogP contribution < -0.4 is 10.6 Å². The molecule has 0 aromatic carbocycles. The highest BCUT2D eigenvalue weighted by atomic mass is 19.1. The largest absolute Gasteiger partial charge is 0.396 e. The van der Waals surface area contributed by atoms with Crippen LogP contribution in [0.2, 0.25) is 0 Å². The molecular formula is C15H30FN3O. The Morgan fingerprint density at radius 3 is 2.60 bits per heavy atom. The van der Waals surface area contributed by atoms with Crippen molar-refractivity contribution in [2.24, 2.45) is 10.4 Å². The van der Waals surface area contributed by atoms with Gasteiger partial charge in [0, 0.05) is 26.2 Å². The lowest BCUT2D eigenvalue weighted by Gasteiger charge is -2.35. The van der Waals surface area contributed by atoms with E-state index in [9.17, 15) is 9.50 Å². The highest BCUT2D eigenvalue weighted by Crippen LogP contribution is 2.39. The maximum atomic E-state index is 12.1. The van der Waals surface area contributed by atoms with Crippen LogP contribution in [-0.4, -0.2) is 44.0 Å². The van der Waals surface area contributed by atoms with Gasteiger partial charge in [0.2, 0.25) is 0 Å². The summed E-state index contributed by atoms with van der Waals surface area (Å²) in [5.41, 5.74) is 0.162. The molecule has 4 nitrogen and oxygen atoms in total. The SMILES string of the molecule is CCNC(=NCC1(CCO)CCCCC1)NCCCF. The second-order valence-electron chi connectivity index (χ2n) is 5.70. The zero-order valence-electron chi connectivity index (χ0n) is 12.8. The Labute approximate surface area is 122 Å². The van der Waals surface area contributed by atoms with E-state index in [4.69, 9.17) is 0 Å². The molecule has 3 N–H and O–H groups in total. The van der Waals surface area contributed by atoms with Gasteiger partial charge in [-0.1, -0.05) is 19.3 Å². The maximum absolute atomic E-state index is 12.1. The average molecular weight is 287 g/mol. The first-order valence-electron chi connectivity index (χ1n) is 7.95. The molecule has 1 rings (SSSR count). The molecule has 5 heteroatoms. The molecule has 0 unspecified atom stereocenters. The number of aliphatic hydroxyl groups excluding tert-OH is 1. The Hall–Kier alpha value is -0.840. The minimum Gasteiger partial charge on any atom is -0.396 e. The number of aliphatic imine (C=N–C) groups is 1. The zero-order valence-corrected chi connectivity index (χ0v) is 12.8. The Morgan fingerprint density at radius 2 is 2.00 bits per heavy atom. The van der Waals surface area contributed by atoms with E-state index in [1.807, 2.05) is 6.92 Å². The molecule has 0 amide bonds. The van der Waals surface area contributed by atoms with Gasteiger partial charge in [-0.3, -0.25) is 9.38 Å². The second kappa shape index (κ2) is 9.97. The normalized spacial score (nSPS) is 18.9. The highest BCUT2D eigenvalue weighted by molar-refractivity contribution is 5.79. The topological polar surface area (TPSA) is 56.7 Å². The van der Waals surface area contributed by atoms with Crippen molar-refractivity contribution < 1.29 is 9.50 Å². The standard InChI is InChI=1S/C15H30FN3O/c1-2-17-14(18-11-6-10-16)19-13-15(9-12-20)7-4-3-5-8-15/h20H,2-13H2,1H3,(H2,17,18,19). The lowest BCUT2D eigenvalue weighted by molar-refractivity contribution is 0.137. The summed E-state index contributed by atoms with van der Waals surface area (Å²) < 4.78 is 12.1. The summed E-state index contributed by atoms with van der Waals surface area (Å²) in [6.07, 6.45) is 7.42. The Morgan fingerprint density at radius 1 is 1.25 bits per heavy atom. The van der Waals surface area contributed by atoms with Gasteiger partial charge in [-0.25, -0.2) is 0 Å². The van der Waals surface area contributed by atoms with Gasteiger partial charge < -0.3 is 15.7 Å².